The Morgan fingerprint density at radius 3 is 2.68 bits per heavy atom. The van der Waals surface area contributed by atoms with E-state index in [0.29, 0.717) is 21.0 Å². The quantitative estimate of drug-likeness (QED) is 0.782. The second-order valence-corrected chi connectivity index (χ2v) is 8.74. The summed E-state index contributed by atoms with van der Waals surface area (Å²) in [7, 11) is -3.27. The maximum Gasteiger partial charge on any atom is 0.276 e. The Bertz CT molecular complexity index is 973. The number of hydrogen-bond donors (Lipinski definition) is 1. The van der Waals surface area contributed by atoms with Crippen LogP contribution in [0, 0.1) is 6.92 Å². The van der Waals surface area contributed by atoms with Crippen LogP contribution in [-0.2, 0) is 9.84 Å². The molecule has 2 aromatic heterocycles. The summed E-state index contributed by atoms with van der Waals surface area (Å²) < 4.78 is 23.8. The van der Waals surface area contributed by atoms with Crippen LogP contribution in [-0.4, -0.2) is 30.5 Å². The van der Waals surface area contributed by atoms with Gasteiger partial charge in [0, 0.05) is 11.6 Å². The lowest BCUT2D eigenvalue weighted by Crippen LogP contribution is -2.11. The van der Waals surface area contributed by atoms with Gasteiger partial charge in [0.25, 0.3) is 5.91 Å². The molecule has 0 bridgehead atoms. The molecule has 0 atom stereocenters. The minimum Gasteiger partial charge on any atom is -0.296 e. The average Bonchev–Trinajstić information content (AvgIpc) is 3.02. The minimum absolute atomic E-state index is 0.233. The van der Waals surface area contributed by atoms with Crippen molar-refractivity contribution in [2.45, 2.75) is 11.8 Å². The van der Waals surface area contributed by atoms with E-state index in [1.807, 2.05) is 6.92 Å². The van der Waals surface area contributed by atoms with Crippen LogP contribution in [0.5, 0.6) is 0 Å². The molecule has 0 unspecified atom stereocenters. The molecule has 1 amide bonds. The first-order valence-electron chi connectivity index (χ1n) is 6.17. The van der Waals surface area contributed by atoms with Crippen molar-refractivity contribution in [2.24, 2.45) is 0 Å². The topological polar surface area (TPSA) is 89.0 Å². The molecule has 2 heterocycles. The molecule has 0 spiro atoms. The van der Waals surface area contributed by atoms with E-state index in [4.69, 9.17) is 0 Å². The third-order valence-electron chi connectivity index (χ3n) is 2.86. The summed E-state index contributed by atoms with van der Waals surface area (Å²) in [6.07, 6.45) is 1.16. The van der Waals surface area contributed by atoms with Gasteiger partial charge in [-0.1, -0.05) is 11.3 Å². The number of nitrogens with one attached hydrogen (secondary N) is 1. The van der Waals surface area contributed by atoms with Crippen LogP contribution in [0.1, 0.15) is 15.5 Å². The number of sulfone groups is 1. The van der Waals surface area contributed by atoms with Crippen molar-refractivity contribution in [3.8, 4) is 0 Å². The Kier molecular flexibility index (Phi) is 3.71. The number of amides is 1. The summed E-state index contributed by atoms with van der Waals surface area (Å²) in [6, 6.07) is 4.70. The fourth-order valence-electron chi connectivity index (χ4n) is 1.82. The first-order chi connectivity index (χ1) is 10.3. The molecule has 3 rings (SSSR count). The van der Waals surface area contributed by atoms with E-state index in [0.717, 1.165) is 11.3 Å². The van der Waals surface area contributed by atoms with Crippen molar-refractivity contribution in [2.75, 3.05) is 11.6 Å². The zero-order valence-electron chi connectivity index (χ0n) is 11.7. The second-order valence-electron chi connectivity index (χ2n) is 4.63. The van der Waals surface area contributed by atoms with Gasteiger partial charge in [0.05, 0.1) is 20.1 Å². The Labute approximate surface area is 134 Å². The van der Waals surface area contributed by atoms with Crippen LogP contribution in [0.25, 0.3) is 10.2 Å². The second kappa shape index (κ2) is 5.41. The molecule has 1 aromatic carbocycles. The van der Waals surface area contributed by atoms with Crippen molar-refractivity contribution in [3.05, 3.63) is 34.3 Å². The predicted molar refractivity (Wildman–Crippen MR) is 87.5 cm³/mol. The zero-order chi connectivity index (χ0) is 15.9. The Morgan fingerprint density at radius 1 is 1.27 bits per heavy atom. The first-order valence-corrected chi connectivity index (χ1v) is 9.76. The number of fused-ring (bicyclic) bond motifs is 1. The van der Waals surface area contributed by atoms with Gasteiger partial charge in [-0.25, -0.2) is 18.4 Å². The fraction of sp³-hybridized carbons (Fsp3) is 0.154. The Hall–Kier alpha value is -1.84. The third-order valence-corrected chi connectivity index (χ3v) is 5.68. The summed E-state index contributed by atoms with van der Waals surface area (Å²) in [5.41, 5.74) is 0.987. The van der Waals surface area contributed by atoms with Crippen LogP contribution in [0.2, 0.25) is 0 Å². The van der Waals surface area contributed by atoms with Gasteiger partial charge in [-0.05, 0) is 25.1 Å². The van der Waals surface area contributed by atoms with Crippen LogP contribution in [0.4, 0.5) is 5.13 Å². The van der Waals surface area contributed by atoms with Crippen LogP contribution < -0.4 is 5.32 Å². The molecule has 1 N–H and O–H groups in total. The summed E-state index contributed by atoms with van der Waals surface area (Å²) in [4.78, 5) is 20.7. The number of thiazole rings is 2. The van der Waals surface area contributed by atoms with Crippen LogP contribution >= 0.6 is 22.7 Å². The van der Waals surface area contributed by atoms with Gasteiger partial charge in [0.15, 0.2) is 15.0 Å². The highest BCUT2D eigenvalue weighted by Gasteiger charge is 2.14. The monoisotopic (exact) mass is 353 g/mol. The molecule has 0 fully saturated rings. The minimum atomic E-state index is -3.27. The summed E-state index contributed by atoms with van der Waals surface area (Å²) in [5, 5.41) is 5.59. The van der Waals surface area contributed by atoms with Gasteiger partial charge in [0.2, 0.25) is 0 Å². The number of benzene rings is 1. The van der Waals surface area contributed by atoms with E-state index in [2.05, 4.69) is 15.3 Å². The van der Waals surface area contributed by atoms with E-state index in [-0.39, 0.29) is 10.8 Å². The van der Waals surface area contributed by atoms with Crippen molar-refractivity contribution in [3.63, 3.8) is 0 Å². The summed E-state index contributed by atoms with van der Waals surface area (Å²) in [5.74, 6) is -0.327. The van der Waals surface area contributed by atoms with Gasteiger partial charge in [-0.15, -0.1) is 11.3 Å². The number of anilines is 1. The van der Waals surface area contributed by atoms with Gasteiger partial charge < -0.3 is 0 Å². The lowest BCUT2D eigenvalue weighted by Gasteiger charge is -1.96. The molecule has 0 aliphatic carbocycles. The van der Waals surface area contributed by atoms with Gasteiger partial charge in [-0.2, -0.15) is 0 Å². The molecule has 0 aliphatic heterocycles. The maximum atomic E-state index is 12.0. The number of rotatable bonds is 3. The average molecular weight is 353 g/mol. The highest BCUT2D eigenvalue weighted by molar-refractivity contribution is 7.90. The van der Waals surface area contributed by atoms with Crippen molar-refractivity contribution >= 4 is 53.8 Å². The first kappa shape index (κ1) is 15.1. The standard InChI is InChI=1S/C13H11N3O3S3/c1-7-14-10(6-20-7)12(17)16-13-15-9-4-3-8(22(2,18)19)5-11(9)21-13/h3-6H,1-2H3,(H,15,16,17). The zero-order valence-corrected chi connectivity index (χ0v) is 14.1. The van der Waals surface area contributed by atoms with Crippen LogP contribution in [0.15, 0.2) is 28.5 Å². The summed E-state index contributed by atoms with van der Waals surface area (Å²) >= 11 is 2.62. The number of aromatic nitrogens is 2. The molecule has 6 nitrogen and oxygen atoms in total. The van der Waals surface area contributed by atoms with E-state index in [9.17, 15) is 13.2 Å². The van der Waals surface area contributed by atoms with Gasteiger partial charge in [-0.3, -0.25) is 10.1 Å². The number of carbonyl (C=O) groups excluding carboxylic acids is 1. The predicted octanol–water partition coefficient (Wildman–Crippen LogP) is 2.72. The molecule has 0 radical (unpaired) electrons. The molecule has 114 valence electrons. The fourth-order valence-corrected chi connectivity index (χ4v) is 4.03. The molecule has 22 heavy (non-hydrogen) atoms. The van der Waals surface area contributed by atoms with Crippen LogP contribution in [0.3, 0.4) is 0 Å². The molecule has 0 saturated heterocycles. The highest BCUT2D eigenvalue weighted by atomic mass is 32.2. The number of nitrogens with zero attached hydrogens (tertiary/aromatic N) is 2. The van der Waals surface area contributed by atoms with E-state index in [1.54, 1.807) is 17.5 Å². The molecular formula is C13H11N3O3S3. The van der Waals surface area contributed by atoms with E-state index >= 15 is 0 Å². The number of hydrogen-bond acceptors (Lipinski definition) is 7. The molecule has 0 saturated carbocycles. The Morgan fingerprint density at radius 2 is 2.05 bits per heavy atom. The molecular weight excluding hydrogens is 342 g/mol. The lowest BCUT2D eigenvalue weighted by atomic mass is 10.3. The summed E-state index contributed by atoms with van der Waals surface area (Å²) in [6.45, 7) is 1.83. The van der Waals surface area contributed by atoms with Gasteiger partial charge in [0.1, 0.15) is 5.69 Å². The lowest BCUT2D eigenvalue weighted by molar-refractivity contribution is 0.102. The molecule has 9 heteroatoms. The highest BCUT2D eigenvalue weighted by Crippen LogP contribution is 2.28. The maximum absolute atomic E-state index is 12.0. The third kappa shape index (κ3) is 3.01. The van der Waals surface area contributed by atoms with E-state index < -0.39 is 9.84 Å². The van der Waals surface area contributed by atoms with Crippen molar-refractivity contribution in [1.29, 1.82) is 0 Å². The SMILES string of the molecule is Cc1nc(C(=O)Nc2nc3ccc(S(C)(=O)=O)cc3s2)cs1. The Balaban J connectivity index is 1.90. The van der Waals surface area contributed by atoms with E-state index in [1.165, 1.54) is 28.7 Å². The largest absolute Gasteiger partial charge is 0.296 e. The molecule has 0 aliphatic rings. The van der Waals surface area contributed by atoms with Crippen molar-refractivity contribution in [1.82, 2.24) is 9.97 Å². The van der Waals surface area contributed by atoms with Gasteiger partial charge >= 0.3 is 0 Å². The normalized spacial score (nSPS) is 11.7. The number of aryl methyl sites for hydroxylation is 1. The van der Waals surface area contributed by atoms with Crippen molar-refractivity contribution < 1.29 is 13.2 Å². The number of carbonyl (C=O) groups is 1. The smallest absolute Gasteiger partial charge is 0.276 e. The molecule has 3 aromatic rings.